The lowest BCUT2D eigenvalue weighted by atomic mass is 10.2. The van der Waals surface area contributed by atoms with Gasteiger partial charge in [0.25, 0.3) is 11.8 Å². The molecule has 204 valence electrons. The van der Waals surface area contributed by atoms with Crippen LogP contribution in [0, 0.1) is 0 Å². The third-order valence-corrected chi connectivity index (χ3v) is 5.62. The number of rotatable bonds is 13. The average molecular weight is 596 g/mol. The molecule has 0 fully saturated rings. The second-order valence-corrected chi connectivity index (χ2v) is 9.21. The Morgan fingerprint density at radius 1 is 0.846 bits per heavy atom. The second kappa shape index (κ2) is 15.3. The van der Waals surface area contributed by atoms with Crippen LogP contribution in [0.3, 0.4) is 0 Å². The molecule has 2 N–H and O–H groups in total. The topological polar surface area (TPSA) is 115 Å². The summed E-state index contributed by atoms with van der Waals surface area (Å²) < 4.78 is 17.3. The van der Waals surface area contributed by atoms with Crippen LogP contribution < -0.4 is 25.0 Å². The third-order valence-electron chi connectivity index (χ3n) is 5.13. The van der Waals surface area contributed by atoms with E-state index in [0.717, 1.165) is 17.3 Å². The molecule has 0 unspecified atom stereocenters. The highest BCUT2D eigenvalue weighted by molar-refractivity contribution is 9.10. The predicted molar refractivity (Wildman–Crippen MR) is 152 cm³/mol. The quantitative estimate of drug-likeness (QED) is 0.122. The van der Waals surface area contributed by atoms with Gasteiger partial charge in [-0.25, -0.2) is 10.2 Å². The van der Waals surface area contributed by atoms with E-state index in [0.29, 0.717) is 41.4 Å². The van der Waals surface area contributed by atoms with Crippen LogP contribution in [0.1, 0.15) is 53.0 Å². The largest absolute Gasteiger partial charge is 0.494 e. The van der Waals surface area contributed by atoms with E-state index in [2.05, 4.69) is 31.8 Å². The molecule has 2 amide bonds. The number of benzene rings is 3. The molecule has 0 saturated carbocycles. The molecule has 0 heterocycles. The van der Waals surface area contributed by atoms with E-state index >= 15 is 0 Å². The zero-order valence-corrected chi connectivity index (χ0v) is 23.3. The average Bonchev–Trinajstić information content (AvgIpc) is 2.95. The number of carbonyl (C=O) groups excluding carboxylic acids is 3. The fraction of sp³-hybridized carbons (Fsp3) is 0.241. The van der Waals surface area contributed by atoms with E-state index in [1.165, 1.54) is 6.21 Å². The van der Waals surface area contributed by atoms with E-state index < -0.39 is 17.8 Å². The molecule has 0 spiro atoms. The molecule has 3 rings (SSSR count). The van der Waals surface area contributed by atoms with Gasteiger partial charge in [0.05, 0.1) is 31.5 Å². The summed E-state index contributed by atoms with van der Waals surface area (Å²) in [5, 5.41) is 6.47. The Morgan fingerprint density at radius 3 is 2.03 bits per heavy atom. The first-order valence-electron chi connectivity index (χ1n) is 12.5. The summed E-state index contributed by atoms with van der Waals surface area (Å²) in [6.45, 7) is 4.94. The summed E-state index contributed by atoms with van der Waals surface area (Å²) in [7, 11) is 0. The Hall–Kier alpha value is -4.18. The summed E-state index contributed by atoms with van der Waals surface area (Å²) in [5.41, 5.74) is 3.56. The number of esters is 1. The molecule has 10 heteroatoms. The van der Waals surface area contributed by atoms with Crippen molar-refractivity contribution in [2.75, 3.05) is 19.8 Å². The van der Waals surface area contributed by atoms with Gasteiger partial charge in [0, 0.05) is 15.6 Å². The van der Waals surface area contributed by atoms with Crippen molar-refractivity contribution in [2.24, 2.45) is 5.10 Å². The zero-order chi connectivity index (χ0) is 28.0. The van der Waals surface area contributed by atoms with E-state index in [4.69, 9.17) is 14.2 Å². The fourth-order valence-electron chi connectivity index (χ4n) is 3.18. The van der Waals surface area contributed by atoms with Gasteiger partial charge in [0.15, 0.2) is 0 Å². The lowest BCUT2D eigenvalue weighted by molar-refractivity contribution is -0.120. The predicted octanol–water partition coefficient (Wildman–Crippen LogP) is 5.13. The van der Waals surface area contributed by atoms with Crippen LogP contribution in [-0.2, 0) is 4.79 Å². The van der Waals surface area contributed by atoms with Crippen molar-refractivity contribution in [3.8, 4) is 17.2 Å². The highest BCUT2D eigenvalue weighted by Gasteiger charge is 2.13. The van der Waals surface area contributed by atoms with Crippen LogP contribution in [0.15, 0.2) is 76.3 Å². The molecule has 0 aliphatic heterocycles. The molecule has 0 aromatic heterocycles. The van der Waals surface area contributed by atoms with Crippen molar-refractivity contribution < 1.29 is 28.6 Å². The highest BCUT2D eigenvalue weighted by atomic mass is 79.9. The fourth-order valence-corrected chi connectivity index (χ4v) is 3.56. The van der Waals surface area contributed by atoms with E-state index in [-0.39, 0.29) is 12.3 Å². The van der Waals surface area contributed by atoms with Crippen molar-refractivity contribution in [3.05, 3.63) is 87.9 Å². The first-order chi connectivity index (χ1) is 18.9. The Morgan fingerprint density at radius 2 is 1.44 bits per heavy atom. The maximum Gasteiger partial charge on any atom is 0.343 e. The Labute approximate surface area is 235 Å². The highest BCUT2D eigenvalue weighted by Crippen LogP contribution is 2.23. The minimum Gasteiger partial charge on any atom is -0.494 e. The van der Waals surface area contributed by atoms with Gasteiger partial charge in [-0.3, -0.25) is 9.59 Å². The van der Waals surface area contributed by atoms with Gasteiger partial charge in [-0.15, -0.1) is 0 Å². The van der Waals surface area contributed by atoms with Gasteiger partial charge in [0.1, 0.15) is 17.2 Å². The molecule has 3 aromatic carbocycles. The van der Waals surface area contributed by atoms with E-state index in [1.807, 2.05) is 13.8 Å². The Bertz CT molecular complexity index is 1290. The summed E-state index contributed by atoms with van der Waals surface area (Å²) in [4.78, 5) is 37.1. The minimum absolute atomic E-state index is 0.257. The molecular weight excluding hydrogens is 566 g/mol. The van der Waals surface area contributed by atoms with Crippen LogP contribution in [-0.4, -0.2) is 43.8 Å². The zero-order valence-electron chi connectivity index (χ0n) is 21.7. The van der Waals surface area contributed by atoms with Gasteiger partial charge >= 0.3 is 5.97 Å². The van der Waals surface area contributed by atoms with E-state index in [9.17, 15) is 14.4 Å². The SMILES string of the molecule is CCCOc1ccc(C(=O)NCC(=O)N/N=C\c2cc(Br)ccc2OC(=O)c2ccc(OCCC)cc2)cc1. The number of halogens is 1. The first-order valence-corrected chi connectivity index (χ1v) is 13.3. The maximum atomic E-state index is 12.7. The molecule has 0 saturated heterocycles. The first kappa shape index (κ1) is 29.4. The monoisotopic (exact) mass is 595 g/mol. The van der Waals surface area contributed by atoms with Crippen molar-refractivity contribution >= 4 is 39.9 Å². The number of nitrogens with zero attached hydrogens (tertiary/aromatic N) is 1. The number of hydrogen-bond donors (Lipinski definition) is 2. The van der Waals surface area contributed by atoms with Crippen LogP contribution >= 0.6 is 15.9 Å². The van der Waals surface area contributed by atoms with Crippen LogP contribution in [0.25, 0.3) is 0 Å². The van der Waals surface area contributed by atoms with Gasteiger partial charge < -0.3 is 19.5 Å². The maximum absolute atomic E-state index is 12.7. The minimum atomic E-state index is -0.550. The van der Waals surface area contributed by atoms with Gasteiger partial charge in [0.2, 0.25) is 0 Å². The lowest BCUT2D eigenvalue weighted by Crippen LogP contribution is -2.34. The van der Waals surface area contributed by atoms with Gasteiger partial charge in [-0.2, -0.15) is 5.10 Å². The summed E-state index contributed by atoms with van der Waals surface area (Å²) >= 11 is 3.38. The summed E-state index contributed by atoms with van der Waals surface area (Å²) in [5.74, 6) is 0.126. The molecule has 0 bridgehead atoms. The molecule has 0 aliphatic rings. The van der Waals surface area contributed by atoms with Crippen LogP contribution in [0.4, 0.5) is 0 Å². The standard InChI is InChI=1S/C29H30BrN3O6/c1-3-15-37-24-10-5-20(6-11-24)28(35)31-19-27(34)33-32-18-22-17-23(30)9-14-26(22)39-29(36)21-7-12-25(13-8-21)38-16-4-2/h5-14,17-18H,3-4,15-16,19H2,1-2H3,(H,31,35)(H,33,34)/b32-18-. The smallest absolute Gasteiger partial charge is 0.343 e. The van der Waals surface area contributed by atoms with Crippen molar-refractivity contribution in [1.29, 1.82) is 0 Å². The lowest BCUT2D eigenvalue weighted by Gasteiger charge is -2.09. The number of ether oxygens (including phenoxy) is 3. The van der Waals surface area contributed by atoms with Gasteiger partial charge in [-0.05, 0) is 79.6 Å². The third kappa shape index (κ3) is 9.57. The second-order valence-electron chi connectivity index (χ2n) is 8.29. The van der Waals surface area contributed by atoms with Crippen molar-refractivity contribution in [2.45, 2.75) is 26.7 Å². The molecule has 39 heavy (non-hydrogen) atoms. The number of hydrazone groups is 1. The number of hydrogen-bond acceptors (Lipinski definition) is 7. The Kier molecular flexibility index (Phi) is 11.5. The van der Waals surface area contributed by atoms with E-state index in [1.54, 1.807) is 66.7 Å². The van der Waals surface area contributed by atoms with Crippen LogP contribution in [0.5, 0.6) is 17.2 Å². The van der Waals surface area contributed by atoms with Crippen molar-refractivity contribution in [1.82, 2.24) is 10.7 Å². The molecular formula is C29H30BrN3O6. The molecule has 9 nitrogen and oxygen atoms in total. The molecule has 0 aliphatic carbocycles. The van der Waals surface area contributed by atoms with Crippen LogP contribution in [0.2, 0.25) is 0 Å². The number of nitrogens with one attached hydrogen (secondary N) is 2. The normalized spacial score (nSPS) is 10.6. The molecule has 3 aromatic rings. The number of amides is 2. The molecule has 0 radical (unpaired) electrons. The molecule has 0 atom stereocenters. The Balaban J connectivity index is 1.53. The summed E-state index contributed by atoms with van der Waals surface area (Å²) in [6.07, 6.45) is 3.12. The van der Waals surface area contributed by atoms with Crippen molar-refractivity contribution in [3.63, 3.8) is 0 Å². The summed E-state index contributed by atoms with van der Waals surface area (Å²) in [6, 6.07) is 18.4. The number of carbonyl (C=O) groups is 3. The van der Waals surface area contributed by atoms with Gasteiger partial charge in [-0.1, -0.05) is 29.8 Å².